The van der Waals surface area contributed by atoms with Crippen LogP contribution >= 0.6 is 27.3 Å². The first-order chi connectivity index (χ1) is 9.95. The van der Waals surface area contributed by atoms with Crippen LogP contribution in [0.1, 0.15) is 0 Å². The summed E-state index contributed by atoms with van der Waals surface area (Å²) in [5, 5.41) is 0. The second-order valence-corrected chi connectivity index (χ2v) is 8.99. The lowest BCUT2D eigenvalue weighted by Gasteiger charge is -2.27. The van der Waals surface area contributed by atoms with Crippen LogP contribution < -0.4 is 14.4 Å². The highest BCUT2D eigenvalue weighted by atomic mass is 79.9. The maximum atomic E-state index is 12.3. The number of nitrogens with one attached hydrogen (secondary N) is 1. The van der Waals surface area contributed by atoms with Crippen LogP contribution in [0.25, 0.3) is 0 Å². The second kappa shape index (κ2) is 5.51. The van der Waals surface area contributed by atoms with E-state index in [2.05, 4.69) is 25.6 Å². The maximum absolute atomic E-state index is 12.3. The predicted octanol–water partition coefficient (Wildman–Crippen LogP) is 3.14. The topological polar surface area (TPSA) is 58.6 Å². The lowest BCUT2D eigenvalue weighted by Crippen LogP contribution is -2.28. The van der Waals surface area contributed by atoms with Gasteiger partial charge in [-0.1, -0.05) is 0 Å². The van der Waals surface area contributed by atoms with E-state index in [0.29, 0.717) is 18.0 Å². The molecule has 8 heteroatoms. The van der Waals surface area contributed by atoms with Crippen LogP contribution in [0, 0.1) is 0 Å². The molecule has 2 aromatic rings. The molecule has 0 saturated carbocycles. The molecule has 1 aliphatic heterocycles. The van der Waals surface area contributed by atoms with Gasteiger partial charge in [-0.3, -0.25) is 4.72 Å². The smallest absolute Gasteiger partial charge is 0.271 e. The number of hydrogen-bond donors (Lipinski definition) is 1. The van der Waals surface area contributed by atoms with E-state index in [9.17, 15) is 8.42 Å². The Morgan fingerprint density at radius 3 is 2.86 bits per heavy atom. The van der Waals surface area contributed by atoms with Gasteiger partial charge in [-0.25, -0.2) is 8.42 Å². The molecule has 0 amide bonds. The minimum absolute atomic E-state index is 0.269. The average Bonchev–Trinajstić information content (AvgIpc) is 2.86. The Hall–Kier alpha value is -1.25. The third-order valence-corrected chi connectivity index (χ3v) is 6.62. The molecule has 0 unspecified atom stereocenters. The SMILES string of the molecule is CN1CCOc2cc(NS(=O)(=O)c3ccc(Br)s3)ccc21. The number of ether oxygens (including phenoxy) is 1. The van der Waals surface area contributed by atoms with E-state index in [1.54, 1.807) is 24.3 Å². The predicted molar refractivity (Wildman–Crippen MR) is 88.0 cm³/mol. The molecule has 0 bridgehead atoms. The molecule has 1 aromatic heterocycles. The fourth-order valence-electron chi connectivity index (χ4n) is 2.07. The molecule has 0 radical (unpaired) electrons. The Morgan fingerprint density at radius 2 is 2.14 bits per heavy atom. The number of hydrogen-bond acceptors (Lipinski definition) is 5. The zero-order chi connectivity index (χ0) is 15.0. The monoisotopic (exact) mass is 388 g/mol. The van der Waals surface area contributed by atoms with Crippen molar-refractivity contribution in [3.63, 3.8) is 0 Å². The quantitative estimate of drug-likeness (QED) is 0.877. The van der Waals surface area contributed by atoms with Crippen molar-refractivity contribution in [3.05, 3.63) is 34.1 Å². The molecule has 1 aliphatic rings. The molecule has 0 fully saturated rings. The summed E-state index contributed by atoms with van der Waals surface area (Å²) in [6.45, 7) is 1.42. The molecule has 1 N–H and O–H groups in total. The Labute approximate surface area is 135 Å². The summed E-state index contributed by atoms with van der Waals surface area (Å²) < 4.78 is 33.7. The number of rotatable bonds is 3. The van der Waals surface area contributed by atoms with Crippen molar-refractivity contribution in [2.24, 2.45) is 0 Å². The fraction of sp³-hybridized carbons (Fsp3) is 0.231. The van der Waals surface area contributed by atoms with Crippen molar-refractivity contribution in [1.29, 1.82) is 0 Å². The minimum Gasteiger partial charge on any atom is -0.489 e. The van der Waals surface area contributed by atoms with E-state index < -0.39 is 10.0 Å². The van der Waals surface area contributed by atoms with E-state index in [1.807, 2.05) is 13.1 Å². The molecule has 0 aliphatic carbocycles. The zero-order valence-electron chi connectivity index (χ0n) is 11.2. The number of likely N-dealkylation sites (N-methyl/N-ethyl adjacent to an activating group) is 1. The Morgan fingerprint density at radius 1 is 1.33 bits per heavy atom. The summed E-state index contributed by atoms with van der Waals surface area (Å²) in [5.41, 5.74) is 1.46. The summed E-state index contributed by atoms with van der Waals surface area (Å²) >= 11 is 4.44. The van der Waals surface area contributed by atoms with Gasteiger partial charge in [-0.15, -0.1) is 11.3 Å². The Kier molecular flexibility index (Phi) is 3.85. The van der Waals surface area contributed by atoms with Crippen LogP contribution in [0.5, 0.6) is 5.75 Å². The molecule has 112 valence electrons. The number of anilines is 2. The van der Waals surface area contributed by atoms with E-state index in [-0.39, 0.29) is 4.21 Å². The van der Waals surface area contributed by atoms with E-state index >= 15 is 0 Å². The number of benzene rings is 1. The number of sulfonamides is 1. The summed E-state index contributed by atoms with van der Waals surface area (Å²) in [6, 6.07) is 8.59. The van der Waals surface area contributed by atoms with Crippen molar-refractivity contribution in [3.8, 4) is 5.75 Å². The van der Waals surface area contributed by atoms with Gasteiger partial charge in [0, 0.05) is 13.1 Å². The van der Waals surface area contributed by atoms with Gasteiger partial charge in [0.05, 0.1) is 21.7 Å². The van der Waals surface area contributed by atoms with Crippen LogP contribution in [0.4, 0.5) is 11.4 Å². The zero-order valence-corrected chi connectivity index (χ0v) is 14.4. The highest BCUT2D eigenvalue weighted by Crippen LogP contribution is 2.34. The first-order valence-corrected chi connectivity index (χ1v) is 9.31. The molecule has 1 aromatic carbocycles. The van der Waals surface area contributed by atoms with E-state index in [4.69, 9.17) is 4.74 Å². The molecular weight excluding hydrogens is 376 g/mol. The van der Waals surface area contributed by atoms with Crippen molar-refractivity contribution in [2.75, 3.05) is 29.8 Å². The first-order valence-electron chi connectivity index (χ1n) is 6.22. The molecule has 0 spiro atoms. The van der Waals surface area contributed by atoms with E-state index in [0.717, 1.165) is 16.0 Å². The molecule has 0 saturated heterocycles. The Bertz CT molecular complexity index is 773. The van der Waals surface area contributed by atoms with Crippen molar-refractivity contribution in [2.45, 2.75) is 4.21 Å². The largest absolute Gasteiger partial charge is 0.489 e. The first kappa shape index (κ1) is 14.7. The van der Waals surface area contributed by atoms with Crippen LogP contribution in [0.3, 0.4) is 0 Å². The van der Waals surface area contributed by atoms with Crippen molar-refractivity contribution >= 4 is 48.7 Å². The molecule has 3 rings (SSSR count). The molecule has 5 nitrogen and oxygen atoms in total. The highest BCUT2D eigenvalue weighted by Gasteiger charge is 2.19. The molecular formula is C13H13BrN2O3S2. The lowest BCUT2D eigenvalue weighted by atomic mass is 10.2. The van der Waals surface area contributed by atoms with Crippen molar-refractivity contribution in [1.82, 2.24) is 0 Å². The average molecular weight is 389 g/mol. The number of halogens is 1. The van der Waals surface area contributed by atoms with E-state index in [1.165, 1.54) is 11.3 Å². The van der Waals surface area contributed by atoms with Gasteiger partial charge in [0.2, 0.25) is 0 Å². The number of fused-ring (bicyclic) bond motifs is 1. The summed E-state index contributed by atoms with van der Waals surface area (Å²) in [4.78, 5) is 2.08. The standard InChI is InChI=1S/C13H13BrN2O3S2/c1-16-6-7-19-11-8-9(2-3-10(11)16)15-21(17,18)13-5-4-12(14)20-13/h2-5,8,15H,6-7H2,1H3. The van der Waals surface area contributed by atoms with Gasteiger partial charge in [0.1, 0.15) is 16.6 Å². The highest BCUT2D eigenvalue weighted by molar-refractivity contribution is 9.11. The molecule has 2 heterocycles. The van der Waals surface area contributed by atoms with Crippen LogP contribution in [0.2, 0.25) is 0 Å². The van der Waals surface area contributed by atoms with Gasteiger partial charge in [0.25, 0.3) is 10.0 Å². The van der Waals surface area contributed by atoms with Gasteiger partial charge in [0.15, 0.2) is 0 Å². The fourth-order valence-corrected chi connectivity index (χ4v) is 5.13. The summed E-state index contributed by atoms with van der Waals surface area (Å²) in [7, 11) is -1.58. The summed E-state index contributed by atoms with van der Waals surface area (Å²) in [5.74, 6) is 0.691. The summed E-state index contributed by atoms with van der Waals surface area (Å²) in [6.07, 6.45) is 0. The molecule has 21 heavy (non-hydrogen) atoms. The van der Waals surface area contributed by atoms with Gasteiger partial charge >= 0.3 is 0 Å². The van der Waals surface area contributed by atoms with Crippen LogP contribution in [-0.2, 0) is 10.0 Å². The van der Waals surface area contributed by atoms with Gasteiger partial charge in [-0.05, 0) is 40.2 Å². The third kappa shape index (κ3) is 3.02. The lowest BCUT2D eigenvalue weighted by molar-refractivity contribution is 0.311. The van der Waals surface area contributed by atoms with Gasteiger partial charge in [-0.2, -0.15) is 0 Å². The molecule has 0 atom stereocenters. The van der Waals surface area contributed by atoms with Crippen LogP contribution in [0.15, 0.2) is 38.3 Å². The third-order valence-electron chi connectivity index (χ3n) is 3.12. The maximum Gasteiger partial charge on any atom is 0.271 e. The minimum atomic E-state index is -3.56. The Balaban J connectivity index is 1.88. The number of nitrogens with zero attached hydrogens (tertiary/aromatic N) is 1. The van der Waals surface area contributed by atoms with Crippen molar-refractivity contribution < 1.29 is 13.2 Å². The van der Waals surface area contributed by atoms with Crippen LogP contribution in [-0.4, -0.2) is 28.6 Å². The second-order valence-electron chi connectivity index (χ2n) is 4.62. The number of thiophene rings is 1. The van der Waals surface area contributed by atoms with Gasteiger partial charge < -0.3 is 9.64 Å². The normalized spacial score (nSPS) is 14.5.